The molecule has 2 saturated heterocycles. The third kappa shape index (κ3) is 3.43. The van der Waals surface area contributed by atoms with Crippen LogP contribution in [0.4, 0.5) is 0 Å². The Bertz CT molecular complexity index is 504. The number of nitrogens with zero attached hydrogens (tertiary/aromatic N) is 2. The van der Waals surface area contributed by atoms with Gasteiger partial charge in [0.15, 0.2) is 0 Å². The first-order valence-corrected chi connectivity index (χ1v) is 8.41. The quantitative estimate of drug-likeness (QED) is 0.857. The van der Waals surface area contributed by atoms with Crippen molar-refractivity contribution in [2.45, 2.75) is 32.2 Å². The van der Waals surface area contributed by atoms with Gasteiger partial charge in [-0.1, -0.05) is 18.2 Å². The number of carbonyl (C=O) groups is 1. The van der Waals surface area contributed by atoms with E-state index >= 15 is 0 Å². The molecule has 0 aromatic heterocycles. The lowest BCUT2D eigenvalue weighted by molar-refractivity contribution is -0.136. The smallest absolute Gasteiger partial charge is 0.225 e. The maximum absolute atomic E-state index is 12.5. The topological polar surface area (TPSA) is 32.8 Å². The van der Waals surface area contributed by atoms with Crippen molar-refractivity contribution in [1.82, 2.24) is 9.80 Å². The van der Waals surface area contributed by atoms with E-state index in [1.165, 1.54) is 18.4 Å². The molecule has 2 fully saturated rings. The molecule has 3 rings (SSSR count). The molecule has 1 aromatic carbocycles. The zero-order valence-electron chi connectivity index (χ0n) is 13.5. The molecule has 0 spiro atoms. The summed E-state index contributed by atoms with van der Waals surface area (Å²) in [5.74, 6) is 1.60. The number of amides is 1. The Balaban J connectivity index is 1.52. The van der Waals surface area contributed by atoms with E-state index in [0.29, 0.717) is 5.91 Å². The number of methoxy groups -OCH3 is 1. The van der Waals surface area contributed by atoms with Crippen molar-refractivity contribution < 1.29 is 9.53 Å². The molecule has 0 atom stereocenters. The van der Waals surface area contributed by atoms with Gasteiger partial charge >= 0.3 is 0 Å². The first-order chi connectivity index (χ1) is 10.8. The first kappa shape index (κ1) is 15.3. The maximum atomic E-state index is 12.5. The molecular weight excluding hydrogens is 276 g/mol. The maximum Gasteiger partial charge on any atom is 0.225 e. The number of ether oxygens (including phenoxy) is 1. The van der Waals surface area contributed by atoms with Gasteiger partial charge in [0.25, 0.3) is 0 Å². The summed E-state index contributed by atoms with van der Waals surface area (Å²) >= 11 is 0. The van der Waals surface area contributed by atoms with Gasteiger partial charge < -0.3 is 9.64 Å². The Labute approximate surface area is 133 Å². The number of likely N-dealkylation sites (tertiary alicyclic amines) is 2. The van der Waals surface area contributed by atoms with Crippen LogP contribution >= 0.6 is 0 Å². The van der Waals surface area contributed by atoms with Gasteiger partial charge in [0.1, 0.15) is 5.75 Å². The van der Waals surface area contributed by atoms with Gasteiger partial charge in [0.2, 0.25) is 5.91 Å². The summed E-state index contributed by atoms with van der Waals surface area (Å²) < 4.78 is 5.43. The third-order valence-corrected chi connectivity index (χ3v) is 4.94. The lowest BCUT2D eigenvalue weighted by Gasteiger charge is -2.33. The highest BCUT2D eigenvalue weighted by molar-refractivity contribution is 5.79. The van der Waals surface area contributed by atoms with Crippen molar-refractivity contribution in [3.05, 3.63) is 29.8 Å². The Hall–Kier alpha value is -1.55. The minimum Gasteiger partial charge on any atom is -0.496 e. The number of carbonyl (C=O) groups excluding carboxylic acids is 1. The van der Waals surface area contributed by atoms with E-state index < -0.39 is 0 Å². The summed E-state index contributed by atoms with van der Waals surface area (Å²) in [6, 6.07) is 8.20. The number of para-hydroxylation sites is 1. The first-order valence-electron chi connectivity index (χ1n) is 8.41. The number of piperidine rings is 1. The Morgan fingerprint density at radius 2 is 1.82 bits per heavy atom. The monoisotopic (exact) mass is 302 g/mol. The van der Waals surface area contributed by atoms with E-state index in [1.807, 2.05) is 12.1 Å². The second kappa shape index (κ2) is 7.14. The second-order valence-electron chi connectivity index (χ2n) is 6.39. The standard InChI is InChI=1S/C18H26N2O2/c1-22-17-7-3-2-6-16(17)14-19-12-8-15(9-13-19)18(21)20-10-4-5-11-20/h2-3,6-7,15H,4-5,8-14H2,1H3. The predicted octanol–water partition coefficient (Wildman–Crippen LogP) is 2.53. The molecule has 1 aromatic rings. The zero-order valence-corrected chi connectivity index (χ0v) is 13.5. The lowest BCUT2D eigenvalue weighted by Crippen LogP contribution is -2.41. The number of benzene rings is 1. The average Bonchev–Trinajstić information content (AvgIpc) is 3.10. The van der Waals surface area contributed by atoms with Crippen molar-refractivity contribution in [2.24, 2.45) is 5.92 Å². The molecule has 1 amide bonds. The zero-order chi connectivity index (χ0) is 15.4. The van der Waals surface area contributed by atoms with Crippen LogP contribution in [0.1, 0.15) is 31.2 Å². The number of hydrogen-bond acceptors (Lipinski definition) is 3. The van der Waals surface area contributed by atoms with Crippen molar-refractivity contribution in [3.8, 4) is 5.75 Å². The van der Waals surface area contributed by atoms with Crippen LogP contribution in [0, 0.1) is 5.92 Å². The van der Waals surface area contributed by atoms with Crippen LogP contribution in [0.5, 0.6) is 5.75 Å². The molecule has 0 N–H and O–H groups in total. The lowest BCUT2D eigenvalue weighted by atomic mass is 9.95. The molecule has 0 bridgehead atoms. The Morgan fingerprint density at radius 1 is 1.14 bits per heavy atom. The summed E-state index contributed by atoms with van der Waals surface area (Å²) in [5, 5.41) is 0. The normalized spacial score (nSPS) is 20.3. The van der Waals surface area contributed by atoms with Crippen molar-refractivity contribution in [1.29, 1.82) is 0 Å². The molecule has 0 unspecified atom stereocenters. The molecule has 22 heavy (non-hydrogen) atoms. The minimum atomic E-state index is 0.243. The van der Waals surface area contributed by atoms with E-state index in [2.05, 4.69) is 21.9 Å². The molecular formula is C18H26N2O2. The highest BCUT2D eigenvalue weighted by atomic mass is 16.5. The van der Waals surface area contributed by atoms with Gasteiger partial charge in [0, 0.05) is 31.1 Å². The van der Waals surface area contributed by atoms with Crippen LogP contribution in [0.3, 0.4) is 0 Å². The van der Waals surface area contributed by atoms with E-state index in [1.54, 1.807) is 7.11 Å². The van der Waals surface area contributed by atoms with Gasteiger partial charge in [0.05, 0.1) is 7.11 Å². The Kier molecular flexibility index (Phi) is 4.98. The van der Waals surface area contributed by atoms with E-state index in [9.17, 15) is 4.79 Å². The van der Waals surface area contributed by atoms with Crippen LogP contribution in [-0.4, -0.2) is 49.0 Å². The highest BCUT2D eigenvalue weighted by Crippen LogP contribution is 2.25. The molecule has 0 radical (unpaired) electrons. The SMILES string of the molecule is COc1ccccc1CN1CCC(C(=O)N2CCCC2)CC1. The summed E-state index contributed by atoms with van der Waals surface area (Å²) in [5.41, 5.74) is 1.23. The van der Waals surface area contributed by atoms with Gasteiger partial charge in [-0.05, 0) is 44.8 Å². The van der Waals surface area contributed by atoms with Crippen LogP contribution < -0.4 is 4.74 Å². The summed E-state index contributed by atoms with van der Waals surface area (Å²) in [4.78, 5) is 17.0. The van der Waals surface area contributed by atoms with Gasteiger partial charge in [-0.15, -0.1) is 0 Å². The van der Waals surface area contributed by atoms with E-state index in [0.717, 1.165) is 51.3 Å². The van der Waals surface area contributed by atoms with Gasteiger partial charge in [-0.3, -0.25) is 9.69 Å². The third-order valence-electron chi connectivity index (χ3n) is 4.94. The van der Waals surface area contributed by atoms with E-state index in [-0.39, 0.29) is 5.92 Å². The fourth-order valence-electron chi connectivity index (χ4n) is 3.61. The van der Waals surface area contributed by atoms with Crippen LogP contribution in [0.2, 0.25) is 0 Å². The molecule has 0 saturated carbocycles. The summed E-state index contributed by atoms with van der Waals surface area (Å²) in [7, 11) is 1.72. The fraction of sp³-hybridized carbons (Fsp3) is 0.611. The molecule has 2 aliphatic heterocycles. The van der Waals surface area contributed by atoms with Gasteiger partial charge in [-0.2, -0.15) is 0 Å². The molecule has 0 aliphatic carbocycles. The minimum absolute atomic E-state index is 0.243. The van der Waals surface area contributed by atoms with Crippen LogP contribution in [0.25, 0.3) is 0 Å². The average molecular weight is 302 g/mol. The fourth-order valence-corrected chi connectivity index (χ4v) is 3.61. The number of hydrogen-bond donors (Lipinski definition) is 0. The summed E-state index contributed by atoms with van der Waals surface area (Å²) in [6.07, 6.45) is 4.34. The molecule has 2 heterocycles. The van der Waals surface area contributed by atoms with Gasteiger partial charge in [-0.25, -0.2) is 0 Å². The Morgan fingerprint density at radius 3 is 2.50 bits per heavy atom. The largest absolute Gasteiger partial charge is 0.496 e. The second-order valence-corrected chi connectivity index (χ2v) is 6.39. The summed E-state index contributed by atoms with van der Waals surface area (Å²) in [6.45, 7) is 4.86. The van der Waals surface area contributed by atoms with Crippen LogP contribution in [-0.2, 0) is 11.3 Å². The predicted molar refractivity (Wildman–Crippen MR) is 86.8 cm³/mol. The van der Waals surface area contributed by atoms with Crippen molar-refractivity contribution >= 4 is 5.91 Å². The van der Waals surface area contributed by atoms with Crippen molar-refractivity contribution in [3.63, 3.8) is 0 Å². The van der Waals surface area contributed by atoms with Crippen LogP contribution in [0.15, 0.2) is 24.3 Å². The molecule has 120 valence electrons. The molecule has 4 heteroatoms. The highest BCUT2D eigenvalue weighted by Gasteiger charge is 2.29. The van der Waals surface area contributed by atoms with Crippen molar-refractivity contribution in [2.75, 3.05) is 33.3 Å². The molecule has 4 nitrogen and oxygen atoms in total. The molecule has 2 aliphatic rings. The van der Waals surface area contributed by atoms with E-state index in [4.69, 9.17) is 4.74 Å². The number of rotatable bonds is 4.